The van der Waals surface area contributed by atoms with E-state index in [1.165, 1.54) is 18.5 Å². The molecule has 2 aliphatic rings. The number of methoxy groups -OCH3 is 1. The molecule has 13 heteroatoms. The van der Waals surface area contributed by atoms with E-state index < -0.39 is 11.8 Å². The largest absolute Gasteiger partial charge is 0.493 e. The normalized spacial score (nSPS) is 16.2. The summed E-state index contributed by atoms with van der Waals surface area (Å²) >= 11 is 11.9. The van der Waals surface area contributed by atoms with Crippen LogP contribution < -0.4 is 25.0 Å². The van der Waals surface area contributed by atoms with Gasteiger partial charge in [-0.25, -0.2) is 19.2 Å². The van der Waals surface area contributed by atoms with Crippen molar-refractivity contribution >= 4 is 63.2 Å². The fourth-order valence-electron chi connectivity index (χ4n) is 5.42. The Labute approximate surface area is 263 Å². The predicted molar refractivity (Wildman–Crippen MR) is 167 cm³/mol. The molecule has 2 saturated heterocycles. The number of amides is 3. The number of hydrogen-bond donors (Lipinski definition) is 2. The molecular weight excluding hydrogens is 610 g/mol. The number of benzene rings is 3. The average molecular weight is 640 g/mol. The Kier molecular flexibility index (Phi) is 8.69. The minimum Gasteiger partial charge on any atom is -0.493 e. The Hall–Kier alpha value is -4.19. The second-order valence-corrected chi connectivity index (χ2v) is 11.4. The van der Waals surface area contributed by atoms with Crippen molar-refractivity contribution in [2.75, 3.05) is 37.0 Å². The molecule has 3 aromatic carbocycles. The number of hydrogen-bond acceptors (Lipinski definition) is 8. The van der Waals surface area contributed by atoms with E-state index in [4.69, 9.17) is 32.7 Å². The topological polar surface area (TPSA) is 109 Å². The van der Waals surface area contributed by atoms with Crippen molar-refractivity contribution in [2.45, 2.75) is 31.9 Å². The Morgan fingerprint density at radius 1 is 1.05 bits per heavy atom. The highest BCUT2D eigenvalue weighted by Crippen LogP contribution is 2.37. The van der Waals surface area contributed by atoms with Gasteiger partial charge in [0.25, 0.3) is 0 Å². The summed E-state index contributed by atoms with van der Waals surface area (Å²) in [6.07, 6.45) is 3.21. The van der Waals surface area contributed by atoms with E-state index in [0.29, 0.717) is 34.8 Å². The quantitative estimate of drug-likeness (QED) is 0.216. The van der Waals surface area contributed by atoms with Gasteiger partial charge in [0.2, 0.25) is 5.91 Å². The van der Waals surface area contributed by atoms with Gasteiger partial charge in [0.05, 0.1) is 28.4 Å². The summed E-state index contributed by atoms with van der Waals surface area (Å²) in [6.45, 7) is 2.73. The molecule has 6 rings (SSSR count). The molecule has 0 atom stereocenters. The molecule has 1 aromatic heterocycles. The lowest BCUT2D eigenvalue weighted by Crippen LogP contribution is -2.49. The van der Waals surface area contributed by atoms with E-state index >= 15 is 0 Å². The van der Waals surface area contributed by atoms with Crippen LogP contribution >= 0.6 is 23.2 Å². The highest BCUT2D eigenvalue weighted by Gasteiger charge is 2.26. The maximum Gasteiger partial charge on any atom is 0.328 e. The maximum absolute atomic E-state index is 14.8. The summed E-state index contributed by atoms with van der Waals surface area (Å²) in [6, 6.07) is 14.0. The molecule has 0 radical (unpaired) electrons. The van der Waals surface area contributed by atoms with Crippen LogP contribution in [0.25, 0.3) is 10.9 Å². The van der Waals surface area contributed by atoms with Crippen molar-refractivity contribution < 1.29 is 23.5 Å². The van der Waals surface area contributed by atoms with Crippen LogP contribution in [-0.4, -0.2) is 59.7 Å². The first-order valence-electron chi connectivity index (χ1n) is 14.1. The number of urea groups is 1. The van der Waals surface area contributed by atoms with Crippen LogP contribution in [0.4, 0.5) is 26.4 Å². The van der Waals surface area contributed by atoms with E-state index in [1.54, 1.807) is 24.1 Å². The number of likely N-dealkylation sites (tertiary alicyclic amines) is 1. The number of aromatic nitrogens is 2. The van der Waals surface area contributed by atoms with Crippen LogP contribution in [0.2, 0.25) is 10.0 Å². The first kappa shape index (κ1) is 29.9. The lowest BCUT2D eigenvalue weighted by atomic mass is 10.1. The summed E-state index contributed by atoms with van der Waals surface area (Å²) < 4.78 is 26.8. The van der Waals surface area contributed by atoms with Crippen molar-refractivity contribution in [3.8, 4) is 11.5 Å². The molecule has 0 aliphatic carbocycles. The van der Waals surface area contributed by atoms with Crippen LogP contribution in [0.15, 0.2) is 54.9 Å². The third-order valence-corrected chi connectivity index (χ3v) is 8.50. The van der Waals surface area contributed by atoms with Crippen LogP contribution in [-0.2, 0) is 11.3 Å². The second-order valence-electron chi connectivity index (χ2n) is 10.6. The van der Waals surface area contributed by atoms with Gasteiger partial charge in [0, 0.05) is 49.7 Å². The van der Waals surface area contributed by atoms with E-state index in [1.807, 2.05) is 24.3 Å². The Morgan fingerprint density at radius 2 is 1.86 bits per heavy atom. The zero-order chi connectivity index (χ0) is 30.8. The minimum absolute atomic E-state index is 0.0490. The fraction of sp³-hybridized carbons (Fsp3) is 0.290. The molecule has 228 valence electrons. The number of carbonyl (C=O) groups is 2. The number of fused-ring (bicyclic) bond motifs is 1. The van der Waals surface area contributed by atoms with E-state index in [2.05, 4.69) is 25.5 Å². The van der Waals surface area contributed by atoms with Crippen molar-refractivity contribution in [1.82, 2.24) is 20.2 Å². The van der Waals surface area contributed by atoms with Crippen molar-refractivity contribution in [2.24, 2.45) is 0 Å². The number of rotatable bonds is 8. The molecule has 0 spiro atoms. The van der Waals surface area contributed by atoms with Gasteiger partial charge in [-0.05, 0) is 48.7 Å². The molecule has 44 heavy (non-hydrogen) atoms. The third-order valence-electron chi connectivity index (χ3n) is 7.72. The molecule has 3 amide bonds. The lowest BCUT2D eigenvalue weighted by molar-refractivity contribution is -0.120. The number of halogens is 3. The summed E-state index contributed by atoms with van der Waals surface area (Å²) in [7, 11) is 1.57. The Bertz CT molecular complexity index is 1730. The first-order valence-corrected chi connectivity index (χ1v) is 14.9. The standard InChI is InChI=1S/C31H29Cl2FN6O4/c1-43-25-15-24-21(30(36-17-35-24)37-23-6-5-22(32)28(33)29(23)34)14-26(25)44-20-7-10-39(11-8-20)16-18-3-2-4-19(13-18)40-12-9-27(41)38-31(40)42/h2-6,13-15,17,20H,7-12,16H2,1H3,(H,35,36,37)(H,38,41,42). The van der Waals surface area contributed by atoms with Crippen LogP contribution in [0, 0.1) is 5.82 Å². The van der Waals surface area contributed by atoms with Gasteiger partial charge in [-0.15, -0.1) is 0 Å². The van der Waals surface area contributed by atoms with Crippen molar-refractivity contribution in [3.63, 3.8) is 0 Å². The molecular formula is C31H29Cl2FN6O4. The molecule has 10 nitrogen and oxygen atoms in total. The van der Waals surface area contributed by atoms with Crippen LogP contribution in [0.1, 0.15) is 24.8 Å². The number of nitrogens with one attached hydrogen (secondary N) is 2. The average Bonchev–Trinajstić information content (AvgIpc) is 3.02. The van der Waals surface area contributed by atoms with Gasteiger partial charge in [0.15, 0.2) is 17.3 Å². The first-order chi connectivity index (χ1) is 21.3. The summed E-state index contributed by atoms with van der Waals surface area (Å²) in [5, 5.41) is 5.94. The number of imide groups is 1. The van der Waals surface area contributed by atoms with Gasteiger partial charge < -0.3 is 14.8 Å². The highest BCUT2D eigenvalue weighted by molar-refractivity contribution is 6.42. The summed E-state index contributed by atoms with van der Waals surface area (Å²) in [4.78, 5) is 36.4. The zero-order valence-electron chi connectivity index (χ0n) is 23.8. The maximum atomic E-state index is 14.8. The molecule has 0 saturated carbocycles. The van der Waals surface area contributed by atoms with E-state index in [0.717, 1.165) is 43.7 Å². The number of carbonyl (C=O) groups excluding carboxylic acids is 2. The van der Waals surface area contributed by atoms with Crippen molar-refractivity contribution in [1.29, 1.82) is 0 Å². The van der Waals surface area contributed by atoms with Gasteiger partial charge in [-0.2, -0.15) is 0 Å². The molecule has 2 N–H and O–H groups in total. The lowest BCUT2D eigenvalue weighted by Gasteiger charge is -2.33. The van der Waals surface area contributed by atoms with Gasteiger partial charge >= 0.3 is 6.03 Å². The number of piperidine rings is 1. The third kappa shape index (κ3) is 6.35. The molecule has 2 aliphatic heterocycles. The smallest absolute Gasteiger partial charge is 0.328 e. The number of ether oxygens (including phenoxy) is 2. The Morgan fingerprint density at radius 3 is 2.64 bits per heavy atom. The van der Waals surface area contributed by atoms with Crippen LogP contribution in [0.3, 0.4) is 0 Å². The highest BCUT2D eigenvalue weighted by atomic mass is 35.5. The predicted octanol–water partition coefficient (Wildman–Crippen LogP) is 6.32. The summed E-state index contributed by atoms with van der Waals surface area (Å²) in [5.74, 6) is 0.522. The molecule has 0 bridgehead atoms. The monoisotopic (exact) mass is 638 g/mol. The van der Waals surface area contributed by atoms with Gasteiger partial charge in [-0.1, -0.05) is 35.3 Å². The number of nitrogens with zero attached hydrogens (tertiary/aromatic N) is 4. The molecule has 3 heterocycles. The second kappa shape index (κ2) is 12.8. The Balaban J connectivity index is 1.13. The zero-order valence-corrected chi connectivity index (χ0v) is 25.3. The van der Waals surface area contributed by atoms with Gasteiger partial charge in [0.1, 0.15) is 18.2 Å². The minimum atomic E-state index is -0.678. The van der Waals surface area contributed by atoms with Crippen LogP contribution in [0.5, 0.6) is 11.5 Å². The van der Waals surface area contributed by atoms with E-state index in [-0.39, 0.29) is 34.2 Å². The fourth-order valence-corrected chi connectivity index (χ4v) is 5.73. The van der Waals surface area contributed by atoms with Gasteiger partial charge in [-0.3, -0.25) is 19.9 Å². The van der Waals surface area contributed by atoms with E-state index in [9.17, 15) is 14.0 Å². The molecule has 0 unspecified atom stereocenters. The SMILES string of the molecule is COc1cc2ncnc(Nc3ccc(Cl)c(Cl)c3F)c2cc1OC1CCN(Cc2cccc(N3CCC(=O)NC3=O)c2)CC1. The van der Waals surface area contributed by atoms with Crippen molar-refractivity contribution in [3.05, 3.63) is 76.3 Å². The number of anilines is 3. The summed E-state index contributed by atoms with van der Waals surface area (Å²) in [5.41, 5.74) is 2.58. The molecule has 2 fully saturated rings. The molecule has 4 aromatic rings.